The monoisotopic (exact) mass is 353 g/mol. The van der Waals surface area contributed by atoms with E-state index in [9.17, 15) is 19.2 Å². The fourth-order valence-electron chi connectivity index (χ4n) is 2.09. The van der Waals surface area contributed by atoms with Crippen LogP contribution in [-0.2, 0) is 19.2 Å². The molecule has 0 aromatic heterocycles. The Hall–Kier alpha value is -1.52. The van der Waals surface area contributed by atoms with Crippen molar-refractivity contribution in [3.63, 3.8) is 0 Å². The largest absolute Gasteiger partial charge is 0.346 e. The molecule has 0 bridgehead atoms. The fraction of sp³-hybridized carbons (Fsp3) is 0.800. The molecule has 0 aromatic rings. The number of carbonyl (C=O) groups excluding carboxylic acids is 4. The van der Waals surface area contributed by atoms with Gasteiger partial charge in [-0.25, -0.2) is 0 Å². The smallest absolute Gasteiger partial charge is 0.221 e. The van der Waals surface area contributed by atoms with E-state index in [0.29, 0.717) is 0 Å². The fourth-order valence-corrected chi connectivity index (χ4v) is 2.09. The third-order valence-corrected chi connectivity index (χ3v) is 4.03. The summed E-state index contributed by atoms with van der Waals surface area (Å²) in [6, 6.07) is -0.857. The molecule has 0 aliphatic heterocycles. The Balaban J connectivity index is 5.06. The first-order chi connectivity index (χ1) is 11.0. The highest BCUT2D eigenvalue weighted by atomic mass is 16.2. The van der Waals surface area contributed by atoms with Gasteiger partial charge in [-0.2, -0.15) is 0 Å². The first kappa shape index (κ1) is 23.5. The van der Waals surface area contributed by atoms with Crippen LogP contribution in [0.25, 0.3) is 0 Å². The Bertz CT molecular complexity index is 527. The topological polar surface area (TPSA) is 80.3 Å². The van der Waals surface area contributed by atoms with Gasteiger partial charge in [0.05, 0.1) is 6.04 Å². The molecular formula is C20H35NO4. The highest BCUT2D eigenvalue weighted by Gasteiger charge is 2.35. The minimum absolute atomic E-state index is 0.00730. The average Bonchev–Trinajstić information content (AvgIpc) is 2.39. The van der Waals surface area contributed by atoms with E-state index in [1.54, 1.807) is 62.3 Å². The summed E-state index contributed by atoms with van der Waals surface area (Å²) in [6.07, 6.45) is 0.116. The van der Waals surface area contributed by atoms with Gasteiger partial charge in [-0.3, -0.25) is 19.2 Å². The van der Waals surface area contributed by atoms with Gasteiger partial charge < -0.3 is 5.32 Å². The number of ketones is 3. The van der Waals surface area contributed by atoms with Gasteiger partial charge in [0.1, 0.15) is 11.6 Å². The molecular weight excluding hydrogens is 318 g/mol. The summed E-state index contributed by atoms with van der Waals surface area (Å²) >= 11 is 0. The first-order valence-corrected chi connectivity index (χ1v) is 8.86. The van der Waals surface area contributed by atoms with Crippen molar-refractivity contribution in [3.8, 4) is 0 Å². The lowest BCUT2D eigenvalue weighted by atomic mass is 9.80. The Labute approximate surface area is 152 Å². The first-order valence-electron chi connectivity index (χ1n) is 8.86. The molecule has 5 nitrogen and oxygen atoms in total. The van der Waals surface area contributed by atoms with E-state index < -0.39 is 22.3 Å². The molecule has 0 saturated carbocycles. The quantitative estimate of drug-likeness (QED) is 0.760. The van der Waals surface area contributed by atoms with Gasteiger partial charge in [0.15, 0.2) is 5.78 Å². The molecule has 0 rings (SSSR count). The second kappa shape index (κ2) is 8.24. The van der Waals surface area contributed by atoms with Crippen molar-refractivity contribution in [2.45, 2.75) is 87.6 Å². The predicted octanol–water partition coefficient (Wildman–Crippen LogP) is 3.49. The maximum absolute atomic E-state index is 12.6. The lowest BCUT2D eigenvalue weighted by Gasteiger charge is -2.27. The van der Waals surface area contributed by atoms with Crippen LogP contribution in [0.4, 0.5) is 0 Å². The number of rotatable bonds is 7. The van der Waals surface area contributed by atoms with Crippen LogP contribution < -0.4 is 5.32 Å². The highest BCUT2D eigenvalue weighted by Crippen LogP contribution is 2.23. The lowest BCUT2D eigenvalue weighted by Crippen LogP contribution is -2.48. The van der Waals surface area contributed by atoms with Crippen LogP contribution >= 0.6 is 0 Å². The van der Waals surface area contributed by atoms with Gasteiger partial charge in [-0.15, -0.1) is 0 Å². The molecule has 25 heavy (non-hydrogen) atoms. The van der Waals surface area contributed by atoms with Crippen molar-refractivity contribution >= 4 is 23.3 Å². The van der Waals surface area contributed by atoms with Crippen molar-refractivity contribution in [1.82, 2.24) is 5.32 Å². The third kappa shape index (κ3) is 8.41. The van der Waals surface area contributed by atoms with Gasteiger partial charge >= 0.3 is 0 Å². The van der Waals surface area contributed by atoms with Crippen molar-refractivity contribution in [2.75, 3.05) is 0 Å². The van der Waals surface area contributed by atoms with Crippen LogP contribution in [0, 0.1) is 16.2 Å². The molecule has 1 N–H and O–H groups in total. The molecule has 1 unspecified atom stereocenters. The molecule has 0 saturated heterocycles. The van der Waals surface area contributed by atoms with E-state index in [1.165, 1.54) is 0 Å². The molecule has 1 amide bonds. The van der Waals surface area contributed by atoms with Crippen LogP contribution in [0.15, 0.2) is 0 Å². The van der Waals surface area contributed by atoms with E-state index in [2.05, 4.69) is 5.32 Å². The van der Waals surface area contributed by atoms with Crippen molar-refractivity contribution in [1.29, 1.82) is 0 Å². The standard InChI is InChI=1S/C20H35NO4/c1-18(2,3)14(22)10-11-16(24)21-13(17(25)20(7,8)9)12-15(23)19(4,5)6/h13H,10-12H2,1-9H3,(H,21,24). The zero-order valence-electron chi connectivity index (χ0n) is 17.3. The maximum Gasteiger partial charge on any atom is 0.221 e. The van der Waals surface area contributed by atoms with E-state index >= 15 is 0 Å². The summed E-state index contributed by atoms with van der Waals surface area (Å²) < 4.78 is 0. The summed E-state index contributed by atoms with van der Waals surface area (Å²) in [4.78, 5) is 49.1. The molecule has 5 heteroatoms. The number of hydrogen-bond acceptors (Lipinski definition) is 4. The number of Topliss-reactive ketones (excluding diaryl/α,β-unsaturated/α-hetero) is 3. The number of nitrogens with one attached hydrogen (secondary N) is 1. The number of amides is 1. The minimum atomic E-state index is -0.857. The molecule has 0 fully saturated rings. The van der Waals surface area contributed by atoms with Crippen LogP contribution in [0.5, 0.6) is 0 Å². The summed E-state index contributed by atoms with van der Waals surface area (Å²) in [5.41, 5.74) is -1.75. The zero-order chi connectivity index (χ0) is 20.2. The Morgan fingerprint density at radius 3 is 1.48 bits per heavy atom. The SMILES string of the molecule is CC(C)(C)C(=O)CCC(=O)NC(CC(=O)C(C)(C)C)C(=O)C(C)(C)C. The van der Waals surface area contributed by atoms with Crippen LogP contribution in [-0.4, -0.2) is 29.3 Å². The minimum Gasteiger partial charge on any atom is -0.346 e. The second-order valence-electron chi connectivity index (χ2n) is 9.78. The normalized spacial score (nSPS) is 14.0. The molecule has 0 spiro atoms. The zero-order valence-corrected chi connectivity index (χ0v) is 17.3. The van der Waals surface area contributed by atoms with Crippen LogP contribution in [0.1, 0.15) is 81.6 Å². The molecule has 0 aliphatic rings. The summed E-state index contributed by atoms with van der Waals surface area (Å²) in [6.45, 7) is 16.1. The van der Waals surface area contributed by atoms with Crippen molar-refractivity contribution in [3.05, 3.63) is 0 Å². The lowest BCUT2D eigenvalue weighted by molar-refractivity contribution is -0.136. The van der Waals surface area contributed by atoms with E-state index in [0.717, 1.165) is 0 Å². The Morgan fingerprint density at radius 1 is 0.680 bits per heavy atom. The maximum atomic E-state index is 12.6. The summed E-state index contributed by atoms with van der Waals surface area (Å²) in [5, 5.41) is 2.67. The predicted molar refractivity (Wildman–Crippen MR) is 99.2 cm³/mol. The van der Waals surface area contributed by atoms with E-state index in [-0.39, 0.29) is 42.5 Å². The van der Waals surface area contributed by atoms with Crippen LogP contribution in [0.3, 0.4) is 0 Å². The summed E-state index contributed by atoms with van der Waals surface area (Å²) in [7, 11) is 0. The van der Waals surface area contributed by atoms with Gasteiger partial charge in [0, 0.05) is 35.5 Å². The van der Waals surface area contributed by atoms with Crippen LogP contribution in [0.2, 0.25) is 0 Å². The average molecular weight is 354 g/mol. The van der Waals surface area contributed by atoms with Gasteiger partial charge in [0.25, 0.3) is 0 Å². The third-order valence-electron chi connectivity index (χ3n) is 4.03. The number of carbonyl (C=O) groups is 4. The molecule has 0 heterocycles. The van der Waals surface area contributed by atoms with Gasteiger partial charge in [-0.05, 0) is 0 Å². The number of hydrogen-bond donors (Lipinski definition) is 1. The van der Waals surface area contributed by atoms with E-state index in [1.807, 2.05) is 0 Å². The highest BCUT2D eigenvalue weighted by molar-refractivity contribution is 5.97. The molecule has 0 radical (unpaired) electrons. The molecule has 1 atom stereocenters. The molecule has 144 valence electrons. The Kier molecular flexibility index (Phi) is 7.74. The molecule has 0 aliphatic carbocycles. The second-order valence-corrected chi connectivity index (χ2v) is 9.78. The van der Waals surface area contributed by atoms with Crippen molar-refractivity contribution in [2.24, 2.45) is 16.2 Å². The summed E-state index contributed by atoms with van der Waals surface area (Å²) in [5.74, 6) is -0.643. The Morgan fingerprint density at radius 2 is 1.12 bits per heavy atom. The van der Waals surface area contributed by atoms with E-state index in [4.69, 9.17) is 0 Å². The molecule has 0 aromatic carbocycles. The van der Waals surface area contributed by atoms with Gasteiger partial charge in [-0.1, -0.05) is 62.3 Å². The van der Waals surface area contributed by atoms with Crippen molar-refractivity contribution < 1.29 is 19.2 Å². The van der Waals surface area contributed by atoms with Gasteiger partial charge in [0.2, 0.25) is 5.91 Å².